The Hall–Kier alpha value is -1.80. The number of carbonyl (C=O) groups is 1. The lowest BCUT2D eigenvalue weighted by atomic mass is 10.1. The van der Waals surface area contributed by atoms with Crippen molar-refractivity contribution in [2.24, 2.45) is 0 Å². The van der Waals surface area contributed by atoms with Gasteiger partial charge in [-0.25, -0.2) is 12.7 Å². The van der Waals surface area contributed by atoms with Crippen molar-refractivity contribution in [1.29, 1.82) is 0 Å². The van der Waals surface area contributed by atoms with E-state index in [1.807, 2.05) is 4.90 Å². The van der Waals surface area contributed by atoms with E-state index >= 15 is 0 Å². The number of hydrogen-bond acceptors (Lipinski definition) is 5. The number of amides is 1. The third kappa shape index (κ3) is 4.43. The highest BCUT2D eigenvalue weighted by Gasteiger charge is 2.25. The van der Waals surface area contributed by atoms with Crippen molar-refractivity contribution in [1.82, 2.24) is 9.21 Å². The zero-order chi connectivity index (χ0) is 18.6. The standard InChI is InChI=1S/C17H27N3O4S/c1-13(17(21)20-10-6-5-7-11-20)18-14-8-9-15(24-4)16(12-14)25(22,23)19(2)3/h8-9,12-13,18H,5-7,10-11H2,1-4H3/t13-/m1/s1. The monoisotopic (exact) mass is 369 g/mol. The first kappa shape index (κ1) is 19.5. The SMILES string of the molecule is COc1ccc(N[C@H](C)C(=O)N2CCCCC2)cc1S(=O)(=O)N(C)C. The molecule has 140 valence electrons. The predicted molar refractivity (Wildman–Crippen MR) is 97.4 cm³/mol. The van der Waals surface area contributed by atoms with E-state index in [0.717, 1.165) is 36.7 Å². The van der Waals surface area contributed by atoms with Crippen LogP contribution >= 0.6 is 0 Å². The molecule has 0 aromatic heterocycles. The fraction of sp³-hybridized carbons (Fsp3) is 0.588. The third-order valence-electron chi connectivity index (χ3n) is 4.34. The molecule has 1 N–H and O–H groups in total. The van der Waals surface area contributed by atoms with Gasteiger partial charge in [-0.2, -0.15) is 0 Å². The van der Waals surface area contributed by atoms with Crippen LogP contribution in [-0.4, -0.2) is 63.9 Å². The van der Waals surface area contributed by atoms with Gasteiger partial charge in [0.1, 0.15) is 16.7 Å². The normalized spacial score (nSPS) is 16.6. The first-order valence-electron chi connectivity index (χ1n) is 8.43. The molecule has 25 heavy (non-hydrogen) atoms. The molecule has 8 heteroatoms. The van der Waals surface area contributed by atoms with Gasteiger partial charge in [-0.15, -0.1) is 0 Å². The second kappa shape index (κ2) is 8.05. The van der Waals surface area contributed by atoms with Crippen LogP contribution in [0.15, 0.2) is 23.1 Å². The van der Waals surface area contributed by atoms with Crippen LogP contribution in [0.4, 0.5) is 5.69 Å². The molecule has 1 amide bonds. The molecule has 0 spiro atoms. The number of carbonyl (C=O) groups excluding carboxylic acids is 1. The molecule has 0 aliphatic carbocycles. The quantitative estimate of drug-likeness (QED) is 0.827. The maximum atomic E-state index is 12.5. The van der Waals surface area contributed by atoms with Gasteiger partial charge in [-0.3, -0.25) is 4.79 Å². The Morgan fingerprint density at radius 1 is 1.24 bits per heavy atom. The maximum Gasteiger partial charge on any atom is 0.246 e. The smallest absolute Gasteiger partial charge is 0.246 e. The molecule has 1 saturated heterocycles. The van der Waals surface area contributed by atoms with E-state index in [1.165, 1.54) is 27.3 Å². The van der Waals surface area contributed by atoms with Crippen LogP contribution in [-0.2, 0) is 14.8 Å². The molecule has 1 aromatic carbocycles. The van der Waals surface area contributed by atoms with Crippen LogP contribution in [0.2, 0.25) is 0 Å². The number of nitrogens with one attached hydrogen (secondary N) is 1. The average Bonchev–Trinajstić information content (AvgIpc) is 2.61. The van der Waals surface area contributed by atoms with E-state index in [0.29, 0.717) is 5.69 Å². The summed E-state index contributed by atoms with van der Waals surface area (Å²) in [7, 11) is 0.724. The highest BCUT2D eigenvalue weighted by molar-refractivity contribution is 7.89. The molecule has 1 heterocycles. The number of anilines is 1. The zero-order valence-electron chi connectivity index (χ0n) is 15.3. The zero-order valence-corrected chi connectivity index (χ0v) is 16.1. The van der Waals surface area contributed by atoms with Crippen LogP contribution in [0.5, 0.6) is 5.75 Å². The van der Waals surface area contributed by atoms with Crippen LogP contribution in [0.3, 0.4) is 0 Å². The van der Waals surface area contributed by atoms with E-state index in [2.05, 4.69) is 5.32 Å². The Morgan fingerprint density at radius 3 is 2.44 bits per heavy atom. The lowest BCUT2D eigenvalue weighted by molar-refractivity contribution is -0.132. The topological polar surface area (TPSA) is 79.0 Å². The number of rotatable bonds is 6. The molecule has 0 unspecified atom stereocenters. The van der Waals surface area contributed by atoms with Crippen molar-refractivity contribution >= 4 is 21.6 Å². The molecular formula is C17H27N3O4S. The van der Waals surface area contributed by atoms with E-state index < -0.39 is 16.1 Å². The van der Waals surface area contributed by atoms with Gasteiger partial charge in [0.05, 0.1) is 7.11 Å². The van der Waals surface area contributed by atoms with Crippen LogP contribution < -0.4 is 10.1 Å². The van der Waals surface area contributed by atoms with Gasteiger partial charge in [-0.05, 0) is 44.4 Å². The summed E-state index contributed by atoms with van der Waals surface area (Å²) in [4.78, 5) is 14.5. The number of benzene rings is 1. The van der Waals surface area contributed by atoms with Gasteiger partial charge in [0, 0.05) is 32.9 Å². The molecule has 2 rings (SSSR count). The predicted octanol–water partition coefficient (Wildman–Crippen LogP) is 1.76. The summed E-state index contributed by atoms with van der Waals surface area (Å²) >= 11 is 0. The van der Waals surface area contributed by atoms with Gasteiger partial charge in [0.25, 0.3) is 0 Å². The van der Waals surface area contributed by atoms with Crippen LogP contribution in [0, 0.1) is 0 Å². The number of sulfonamides is 1. The van der Waals surface area contributed by atoms with Gasteiger partial charge in [-0.1, -0.05) is 0 Å². The minimum absolute atomic E-state index is 0.0348. The summed E-state index contributed by atoms with van der Waals surface area (Å²) in [6, 6.07) is 4.39. The van der Waals surface area contributed by atoms with Crippen LogP contribution in [0.1, 0.15) is 26.2 Å². The highest BCUT2D eigenvalue weighted by atomic mass is 32.2. The molecule has 1 fully saturated rings. The second-order valence-electron chi connectivity index (χ2n) is 6.41. The van der Waals surface area contributed by atoms with E-state index in [-0.39, 0.29) is 16.6 Å². The number of methoxy groups -OCH3 is 1. The molecule has 1 atom stereocenters. The van der Waals surface area contributed by atoms with E-state index in [9.17, 15) is 13.2 Å². The molecule has 1 aromatic rings. The summed E-state index contributed by atoms with van der Waals surface area (Å²) in [5.74, 6) is 0.307. The Bertz CT molecular complexity index is 713. The van der Waals surface area contributed by atoms with Gasteiger partial charge in [0.15, 0.2) is 0 Å². The van der Waals surface area contributed by atoms with Crippen molar-refractivity contribution in [3.8, 4) is 5.75 Å². The van der Waals surface area contributed by atoms with Crippen molar-refractivity contribution in [3.05, 3.63) is 18.2 Å². The highest BCUT2D eigenvalue weighted by Crippen LogP contribution is 2.29. The maximum absolute atomic E-state index is 12.5. The first-order chi connectivity index (χ1) is 11.8. The molecular weight excluding hydrogens is 342 g/mol. The average molecular weight is 369 g/mol. The fourth-order valence-electron chi connectivity index (χ4n) is 2.86. The Morgan fingerprint density at radius 2 is 1.88 bits per heavy atom. The summed E-state index contributed by atoms with van der Waals surface area (Å²) in [5, 5.41) is 3.11. The fourth-order valence-corrected chi connectivity index (χ4v) is 3.94. The van der Waals surface area contributed by atoms with Crippen LogP contribution in [0.25, 0.3) is 0 Å². The first-order valence-corrected chi connectivity index (χ1v) is 9.87. The number of hydrogen-bond donors (Lipinski definition) is 1. The molecule has 1 aliphatic rings. The van der Waals surface area contributed by atoms with E-state index in [4.69, 9.17) is 4.74 Å². The molecule has 0 radical (unpaired) electrons. The summed E-state index contributed by atoms with van der Waals surface area (Å²) in [5.41, 5.74) is 0.569. The largest absolute Gasteiger partial charge is 0.495 e. The van der Waals surface area contributed by atoms with Crippen molar-refractivity contribution in [2.45, 2.75) is 37.1 Å². The number of piperidine rings is 1. The summed E-state index contributed by atoms with van der Waals surface area (Å²) in [6.45, 7) is 3.36. The minimum Gasteiger partial charge on any atom is -0.495 e. The lowest BCUT2D eigenvalue weighted by Crippen LogP contribution is -2.43. The van der Waals surface area contributed by atoms with Gasteiger partial charge < -0.3 is 15.0 Å². The number of ether oxygens (including phenoxy) is 1. The van der Waals surface area contributed by atoms with Crippen molar-refractivity contribution in [2.75, 3.05) is 39.6 Å². The van der Waals surface area contributed by atoms with Gasteiger partial charge in [0.2, 0.25) is 15.9 Å². The summed E-state index contributed by atoms with van der Waals surface area (Å²) < 4.78 is 31.3. The summed E-state index contributed by atoms with van der Waals surface area (Å²) in [6.07, 6.45) is 3.23. The minimum atomic E-state index is -3.65. The second-order valence-corrected chi connectivity index (χ2v) is 8.53. The molecule has 1 aliphatic heterocycles. The van der Waals surface area contributed by atoms with Crippen molar-refractivity contribution < 1.29 is 17.9 Å². The van der Waals surface area contributed by atoms with E-state index in [1.54, 1.807) is 19.1 Å². The molecule has 7 nitrogen and oxygen atoms in total. The Kier molecular flexibility index (Phi) is 6.29. The Labute approximate surface area is 150 Å². The molecule has 0 bridgehead atoms. The number of likely N-dealkylation sites (tertiary alicyclic amines) is 1. The molecule has 0 saturated carbocycles. The third-order valence-corrected chi connectivity index (χ3v) is 6.18. The Balaban J connectivity index is 2.21. The van der Waals surface area contributed by atoms with Crippen molar-refractivity contribution in [3.63, 3.8) is 0 Å². The lowest BCUT2D eigenvalue weighted by Gasteiger charge is -2.30. The van der Waals surface area contributed by atoms with Gasteiger partial charge >= 0.3 is 0 Å². The number of nitrogens with zero attached hydrogens (tertiary/aromatic N) is 2.